The maximum Gasteiger partial charge on any atom is 0.339 e. The van der Waals surface area contributed by atoms with Crippen molar-refractivity contribution in [1.29, 1.82) is 0 Å². The monoisotopic (exact) mass is 366 g/mol. The molecule has 0 spiro atoms. The molecule has 0 atom stereocenters. The van der Waals surface area contributed by atoms with Crippen molar-refractivity contribution in [1.82, 2.24) is 9.97 Å². The van der Waals surface area contributed by atoms with Crippen LogP contribution in [0.15, 0.2) is 60.8 Å². The number of ether oxygens (including phenoxy) is 1. The number of carbonyl (C=O) groups is 1. The normalized spacial score (nSPS) is 10.3. The van der Waals surface area contributed by atoms with Crippen molar-refractivity contribution in [2.75, 3.05) is 24.3 Å². The fourth-order valence-corrected chi connectivity index (χ4v) is 2.54. The molecule has 7 heteroatoms. The van der Waals surface area contributed by atoms with Crippen LogP contribution in [-0.2, 0) is 11.2 Å². The van der Waals surface area contributed by atoms with Gasteiger partial charge >= 0.3 is 5.97 Å². The van der Waals surface area contributed by atoms with Crippen LogP contribution < -0.4 is 10.6 Å². The van der Waals surface area contributed by atoms with Crippen LogP contribution in [0.4, 0.5) is 21.8 Å². The number of nitrogens with one attached hydrogen (secondary N) is 2. The molecule has 0 fully saturated rings. The Morgan fingerprint density at radius 2 is 1.89 bits per heavy atom. The number of carbonyl (C=O) groups excluding carboxylic acids is 1. The quantitative estimate of drug-likeness (QED) is 0.620. The minimum Gasteiger partial charge on any atom is -0.465 e. The van der Waals surface area contributed by atoms with Gasteiger partial charge in [0.15, 0.2) is 0 Å². The highest BCUT2D eigenvalue weighted by atomic mass is 19.1. The van der Waals surface area contributed by atoms with Gasteiger partial charge in [-0.1, -0.05) is 30.3 Å². The first-order valence-electron chi connectivity index (χ1n) is 8.42. The molecule has 27 heavy (non-hydrogen) atoms. The van der Waals surface area contributed by atoms with Gasteiger partial charge in [0.1, 0.15) is 11.6 Å². The Hall–Kier alpha value is -3.48. The van der Waals surface area contributed by atoms with Gasteiger partial charge in [-0.3, -0.25) is 0 Å². The summed E-state index contributed by atoms with van der Waals surface area (Å²) in [5, 5.41) is 6.17. The number of methoxy groups -OCH3 is 1. The fourth-order valence-electron chi connectivity index (χ4n) is 2.54. The van der Waals surface area contributed by atoms with Gasteiger partial charge in [-0.25, -0.2) is 14.2 Å². The molecule has 1 aromatic heterocycles. The number of benzene rings is 2. The molecule has 0 unspecified atom stereocenters. The lowest BCUT2D eigenvalue weighted by molar-refractivity contribution is 0.0602. The molecule has 3 aromatic rings. The molecule has 0 aliphatic carbocycles. The molecule has 0 saturated heterocycles. The molecule has 6 nitrogen and oxygen atoms in total. The van der Waals surface area contributed by atoms with Crippen molar-refractivity contribution < 1.29 is 13.9 Å². The summed E-state index contributed by atoms with van der Waals surface area (Å²) in [5.41, 5.74) is 1.62. The molecular weight excluding hydrogens is 347 g/mol. The summed E-state index contributed by atoms with van der Waals surface area (Å²) in [4.78, 5) is 20.4. The standard InChI is InChI=1S/C20H19FN4O2/c1-27-19(26)15-7-3-5-9-17(15)24-18-11-13-23-20(25-18)22-12-10-14-6-2-4-8-16(14)21/h2-9,11,13H,10,12H2,1H3,(H2,22,23,24,25). The Kier molecular flexibility index (Phi) is 5.94. The van der Waals surface area contributed by atoms with Crippen LogP contribution in [-0.4, -0.2) is 29.6 Å². The third kappa shape index (κ3) is 4.78. The summed E-state index contributed by atoms with van der Waals surface area (Å²) in [6.45, 7) is 0.489. The molecule has 138 valence electrons. The van der Waals surface area contributed by atoms with Gasteiger partial charge in [0.2, 0.25) is 5.95 Å². The summed E-state index contributed by atoms with van der Waals surface area (Å²) in [7, 11) is 1.33. The highest BCUT2D eigenvalue weighted by molar-refractivity contribution is 5.96. The van der Waals surface area contributed by atoms with Crippen molar-refractivity contribution in [3.8, 4) is 0 Å². The predicted octanol–water partition coefficient (Wildman–Crippen LogP) is 3.80. The van der Waals surface area contributed by atoms with Crippen LogP contribution in [0.5, 0.6) is 0 Å². The van der Waals surface area contributed by atoms with Gasteiger partial charge in [0, 0.05) is 12.7 Å². The van der Waals surface area contributed by atoms with E-state index in [1.807, 2.05) is 6.07 Å². The van der Waals surface area contributed by atoms with E-state index in [-0.39, 0.29) is 5.82 Å². The van der Waals surface area contributed by atoms with E-state index in [1.165, 1.54) is 13.2 Å². The van der Waals surface area contributed by atoms with Crippen LogP contribution in [0, 0.1) is 5.82 Å². The summed E-state index contributed by atoms with van der Waals surface area (Å²) in [5.74, 6) is 0.270. The summed E-state index contributed by atoms with van der Waals surface area (Å²) >= 11 is 0. The number of hydrogen-bond donors (Lipinski definition) is 2. The zero-order valence-corrected chi connectivity index (χ0v) is 14.8. The van der Waals surface area contributed by atoms with Crippen molar-refractivity contribution >= 4 is 23.4 Å². The Balaban J connectivity index is 1.66. The maximum atomic E-state index is 13.6. The highest BCUT2D eigenvalue weighted by Crippen LogP contribution is 2.20. The van der Waals surface area contributed by atoms with E-state index in [0.717, 1.165) is 0 Å². The molecule has 0 aliphatic rings. The second kappa shape index (κ2) is 8.75. The first kappa shape index (κ1) is 18.3. The van der Waals surface area contributed by atoms with Gasteiger partial charge in [-0.15, -0.1) is 0 Å². The molecule has 2 N–H and O–H groups in total. The highest BCUT2D eigenvalue weighted by Gasteiger charge is 2.11. The van der Waals surface area contributed by atoms with Gasteiger partial charge in [0.25, 0.3) is 0 Å². The second-order valence-corrected chi connectivity index (χ2v) is 5.70. The third-order valence-electron chi connectivity index (χ3n) is 3.89. The van der Waals surface area contributed by atoms with Crippen molar-refractivity contribution in [2.45, 2.75) is 6.42 Å². The molecule has 2 aromatic carbocycles. The first-order valence-corrected chi connectivity index (χ1v) is 8.42. The van der Waals surface area contributed by atoms with Gasteiger partial charge in [-0.2, -0.15) is 4.98 Å². The molecule has 0 amide bonds. The lowest BCUT2D eigenvalue weighted by atomic mass is 10.1. The lowest BCUT2D eigenvalue weighted by Crippen LogP contribution is -2.10. The van der Waals surface area contributed by atoms with E-state index in [1.54, 1.807) is 48.7 Å². The maximum absolute atomic E-state index is 13.6. The van der Waals surface area contributed by atoms with Crippen LogP contribution in [0.25, 0.3) is 0 Å². The fraction of sp³-hybridized carbons (Fsp3) is 0.150. The Labute approximate surface area is 156 Å². The lowest BCUT2D eigenvalue weighted by Gasteiger charge is -2.11. The SMILES string of the molecule is COC(=O)c1ccccc1Nc1ccnc(NCCc2ccccc2F)n1. The van der Waals surface area contributed by atoms with Gasteiger partial charge in [0.05, 0.1) is 18.4 Å². The molecule has 0 radical (unpaired) electrons. The van der Waals surface area contributed by atoms with E-state index in [0.29, 0.717) is 41.5 Å². The Bertz CT molecular complexity index is 933. The summed E-state index contributed by atoms with van der Waals surface area (Å²) in [6, 6.07) is 15.3. The average molecular weight is 366 g/mol. The molecule has 0 bridgehead atoms. The molecular formula is C20H19FN4O2. The van der Waals surface area contributed by atoms with E-state index >= 15 is 0 Å². The van der Waals surface area contributed by atoms with Crippen molar-refractivity contribution in [3.05, 3.63) is 77.7 Å². The predicted molar refractivity (Wildman–Crippen MR) is 102 cm³/mol. The van der Waals surface area contributed by atoms with Crippen molar-refractivity contribution in [2.24, 2.45) is 0 Å². The number of aromatic nitrogens is 2. The van der Waals surface area contributed by atoms with Crippen LogP contribution in [0.1, 0.15) is 15.9 Å². The van der Waals surface area contributed by atoms with Gasteiger partial charge in [-0.05, 0) is 36.2 Å². The number of hydrogen-bond acceptors (Lipinski definition) is 6. The minimum atomic E-state index is -0.435. The smallest absolute Gasteiger partial charge is 0.339 e. The number of esters is 1. The van der Waals surface area contributed by atoms with Crippen LogP contribution >= 0.6 is 0 Å². The Morgan fingerprint density at radius 1 is 1.11 bits per heavy atom. The van der Waals surface area contributed by atoms with Crippen LogP contribution in [0.3, 0.4) is 0 Å². The molecule has 3 rings (SSSR count). The average Bonchev–Trinajstić information content (AvgIpc) is 2.70. The number of nitrogens with zero attached hydrogens (tertiary/aromatic N) is 2. The third-order valence-corrected chi connectivity index (χ3v) is 3.89. The molecule has 1 heterocycles. The second-order valence-electron chi connectivity index (χ2n) is 5.70. The summed E-state index contributed by atoms with van der Waals surface area (Å²) < 4.78 is 18.4. The van der Waals surface area contributed by atoms with E-state index < -0.39 is 5.97 Å². The zero-order valence-electron chi connectivity index (χ0n) is 14.8. The van der Waals surface area contributed by atoms with E-state index in [9.17, 15) is 9.18 Å². The number of para-hydroxylation sites is 1. The minimum absolute atomic E-state index is 0.227. The largest absolute Gasteiger partial charge is 0.465 e. The van der Waals surface area contributed by atoms with Crippen molar-refractivity contribution in [3.63, 3.8) is 0 Å². The number of halogens is 1. The van der Waals surface area contributed by atoms with Crippen LogP contribution in [0.2, 0.25) is 0 Å². The zero-order chi connectivity index (χ0) is 19.1. The molecule has 0 saturated carbocycles. The van der Waals surface area contributed by atoms with E-state index in [2.05, 4.69) is 20.6 Å². The van der Waals surface area contributed by atoms with E-state index in [4.69, 9.17) is 4.74 Å². The topological polar surface area (TPSA) is 76.1 Å². The first-order chi connectivity index (χ1) is 13.2. The molecule has 0 aliphatic heterocycles. The van der Waals surface area contributed by atoms with Gasteiger partial charge < -0.3 is 15.4 Å². The number of rotatable bonds is 7. The Morgan fingerprint density at radius 3 is 2.70 bits per heavy atom. The number of anilines is 3. The summed E-state index contributed by atoms with van der Waals surface area (Å²) in [6.07, 6.45) is 2.11.